The monoisotopic (exact) mass is 428 g/mol. The Kier molecular flexibility index (Phi) is 7.32. The van der Waals surface area contributed by atoms with Gasteiger partial charge in [-0.05, 0) is 55.4 Å². The molecule has 3 rings (SSSR count). The number of nitrogens with zero attached hydrogens (tertiary/aromatic N) is 1. The molecule has 30 heavy (non-hydrogen) atoms. The second-order valence-electron chi connectivity index (χ2n) is 8.18. The van der Waals surface area contributed by atoms with E-state index < -0.39 is 10.0 Å². The highest BCUT2D eigenvalue weighted by Crippen LogP contribution is 2.24. The predicted molar refractivity (Wildman–Crippen MR) is 120 cm³/mol. The molecule has 6 heteroatoms. The van der Waals surface area contributed by atoms with Crippen molar-refractivity contribution in [1.29, 1.82) is 0 Å². The van der Waals surface area contributed by atoms with E-state index in [1.165, 1.54) is 9.87 Å². The highest BCUT2D eigenvalue weighted by molar-refractivity contribution is 7.88. The molecule has 1 heterocycles. The standard InChI is InChI=1S/C24H32N2O3S/c1-4-20-9-11-21(12-10-20)19(3)25-24(27)22-13-15-26(16-14-22)30(28,29)17-23-8-6-5-7-18(23)2/h5-12,19,22H,4,13-17H2,1-3H3,(H,25,27)/t19-/m0/s1. The first-order valence-corrected chi connectivity index (χ1v) is 12.3. The summed E-state index contributed by atoms with van der Waals surface area (Å²) in [7, 11) is -3.38. The number of carbonyl (C=O) groups is 1. The highest BCUT2D eigenvalue weighted by Gasteiger charge is 2.31. The van der Waals surface area contributed by atoms with Crippen LogP contribution in [0.1, 0.15) is 55.0 Å². The van der Waals surface area contributed by atoms with Crippen LogP contribution >= 0.6 is 0 Å². The number of piperidine rings is 1. The summed E-state index contributed by atoms with van der Waals surface area (Å²) in [4.78, 5) is 12.7. The van der Waals surface area contributed by atoms with E-state index in [1.54, 1.807) is 0 Å². The van der Waals surface area contributed by atoms with Gasteiger partial charge in [0.25, 0.3) is 0 Å². The summed E-state index contributed by atoms with van der Waals surface area (Å²) in [5, 5.41) is 3.10. The van der Waals surface area contributed by atoms with Crippen LogP contribution in [-0.4, -0.2) is 31.7 Å². The lowest BCUT2D eigenvalue weighted by molar-refractivity contribution is -0.126. The van der Waals surface area contributed by atoms with E-state index >= 15 is 0 Å². The van der Waals surface area contributed by atoms with Gasteiger partial charge < -0.3 is 5.32 Å². The van der Waals surface area contributed by atoms with Gasteiger partial charge in [0.2, 0.25) is 15.9 Å². The van der Waals surface area contributed by atoms with Crippen molar-refractivity contribution in [1.82, 2.24) is 9.62 Å². The molecule has 1 atom stereocenters. The Morgan fingerprint density at radius 1 is 1.10 bits per heavy atom. The molecule has 1 aliphatic heterocycles. The maximum atomic E-state index is 12.8. The molecule has 2 aromatic rings. The van der Waals surface area contributed by atoms with Crippen molar-refractivity contribution < 1.29 is 13.2 Å². The van der Waals surface area contributed by atoms with Gasteiger partial charge in [-0.1, -0.05) is 55.5 Å². The maximum Gasteiger partial charge on any atom is 0.223 e. The predicted octanol–water partition coefficient (Wildman–Crippen LogP) is 3.98. The SMILES string of the molecule is CCc1ccc([C@H](C)NC(=O)C2CCN(S(=O)(=O)Cc3ccccc3C)CC2)cc1. The quantitative estimate of drug-likeness (QED) is 0.725. The molecule has 5 nitrogen and oxygen atoms in total. The number of hydrogen-bond donors (Lipinski definition) is 1. The van der Waals surface area contributed by atoms with Crippen molar-refractivity contribution in [3.8, 4) is 0 Å². The smallest absolute Gasteiger partial charge is 0.223 e. The summed E-state index contributed by atoms with van der Waals surface area (Å²) in [5.41, 5.74) is 4.17. The van der Waals surface area contributed by atoms with Gasteiger partial charge >= 0.3 is 0 Å². The van der Waals surface area contributed by atoms with E-state index in [-0.39, 0.29) is 23.6 Å². The lowest BCUT2D eigenvalue weighted by Gasteiger charge is -2.31. The summed E-state index contributed by atoms with van der Waals surface area (Å²) in [6.45, 7) is 6.82. The topological polar surface area (TPSA) is 66.5 Å². The number of aryl methyl sites for hydroxylation is 2. The van der Waals surface area contributed by atoms with Crippen LogP contribution in [-0.2, 0) is 27.0 Å². The Bertz CT molecular complexity index is 962. The van der Waals surface area contributed by atoms with Crippen LogP contribution in [0.15, 0.2) is 48.5 Å². The third kappa shape index (κ3) is 5.49. The Morgan fingerprint density at radius 2 is 1.73 bits per heavy atom. The lowest BCUT2D eigenvalue weighted by Crippen LogP contribution is -2.43. The number of hydrogen-bond acceptors (Lipinski definition) is 3. The molecular formula is C24H32N2O3S. The minimum absolute atomic E-state index is 0.0121. The zero-order valence-corrected chi connectivity index (χ0v) is 18.9. The van der Waals surface area contributed by atoms with Crippen molar-refractivity contribution in [2.75, 3.05) is 13.1 Å². The normalized spacial score (nSPS) is 16.9. The van der Waals surface area contributed by atoms with Gasteiger partial charge in [-0.2, -0.15) is 0 Å². The van der Waals surface area contributed by atoms with E-state index in [2.05, 4.69) is 36.5 Å². The summed E-state index contributed by atoms with van der Waals surface area (Å²) in [5.74, 6) is -0.119. The molecule has 1 N–H and O–H groups in total. The Hall–Kier alpha value is -2.18. The number of nitrogens with one attached hydrogen (secondary N) is 1. The van der Waals surface area contributed by atoms with Crippen LogP contribution in [0, 0.1) is 12.8 Å². The van der Waals surface area contributed by atoms with Gasteiger partial charge in [0.1, 0.15) is 0 Å². The molecule has 0 aromatic heterocycles. The number of sulfonamides is 1. The van der Waals surface area contributed by atoms with E-state index in [1.807, 2.05) is 38.1 Å². The Morgan fingerprint density at radius 3 is 2.33 bits per heavy atom. The van der Waals surface area contributed by atoms with Crippen LogP contribution in [0.4, 0.5) is 0 Å². The molecule has 0 radical (unpaired) electrons. The van der Waals surface area contributed by atoms with Gasteiger partial charge in [0, 0.05) is 19.0 Å². The molecule has 1 amide bonds. The minimum Gasteiger partial charge on any atom is -0.349 e. The zero-order valence-electron chi connectivity index (χ0n) is 18.1. The van der Waals surface area contributed by atoms with Crippen molar-refractivity contribution in [2.45, 2.75) is 51.8 Å². The molecule has 1 aliphatic rings. The molecule has 1 saturated heterocycles. The number of amides is 1. The molecule has 0 unspecified atom stereocenters. The first kappa shape index (κ1) is 22.5. The number of rotatable bonds is 7. The average Bonchev–Trinajstić information content (AvgIpc) is 2.75. The van der Waals surface area contributed by atoms with Gasteiger partial charge in [-0.25, -0.2) is 12.7 Å². The summed E-state index contributed by atoms with van der Waals surface area (Å²) in [6.07, 6.45) is 2.10. The fourth-order valence-electron chi connectivity index (χ4n) is 3.91. The zero-order chi connectivity index (χ0) is 21.7. The first-order chi connectivity index (χ1) is 14.3. The van der Waals surface area contributed by atoms with Gasteiger partial charge in [-0.15, -0.1) is 0 Å². The van der Waals surface area contributed by atoms with E-state index in [0.717, 1.165) is 23.1 Å². The van der Waals surface area contributed by atoms with Crippen LogP contribution in [0.2, 0.25) is 0 Å². The molecule has 162 valence electrons. The first-order valence-electron chi connectivity index (χ1n) is 10.7. The van der Waals surface area contributed by atoms with Crippen LogP contribution in [0.25, 0.3) is 0 Å². The van der Waals surface area contributed by atoms with Gasteiger partial charge in [-0.3, -0.25) is 4.79 Å². The molecule has 0 bridgehead atoms. The summed E-state index contributed by atoms with van der Waals surface area (Å²) in [6, 6.07) is 15.8. The second kappa shape index (κ2) is 9.75. The largest absolute Gasteiger partial charge is 0.349 e. The summed E-state index contributed by atoms with van der Waals surface area (Å²) < 4.78 is 27.2. The Balaban J connectivity index is 1.54. The fourth-order valence-corrected chi connectivity index (χ4v) is 5.58. The van der Waals surface area contributed by atoms with E-state index in [0.29, 0.717) is 25.9 Å². The van der Waals surface area contributed by atoms with Gasteiger partial charge in [0.05, 0.1) is 11.8 Å². The van der Waals surface area contributed by atoms with Crippen LogP contribution in [0.5, 0.6) is 0 Å². The van der Waals surface area contributed by atoms with Crippen molar-refractivity contribution in [3.05, 3.63) is 70.8 Å². The molecule has 0 spiro atoms. The molecule has 0 saturated carbocycles. The Labute approximate surface area is 180 Å². The third-order valence-electron chi connectivity index (χ3n) is 6.06. The van der Waals surface area contributed by atoms with Crippen molar-refractivity contribution >= 4 is 15.9 Å². The van der Waals surface area contributed by atoms with Gasteiger partial charge in [0.15, 0.2) is 0 Å². The van der Waals surface area contributed by atoms with Crippen LogP contribution < -0.4 is 5.32 Å². The maximum absolute atomic E-state index is 12.8. The third-order valence-corrected chi connectivity index (χ3v) is 7.89. The molecule has 2 aromatic carbocycles. The molecule has 0 aliphatic carbocycles. The van der Waals surface area contributed by atoms with E-state index in [4.69, 9.17) is 0 Å². The second-order valence-corrected chi connectivity index (χ2v) is 10.2. The fraction of sp³-hybridized carbons (Fsp3) is 0.458. The van der Waals surface area contributed by atoms with E-state index in [9.17, 15) is 13.2 Å². The average molecular weight is 429 g/mol. The van der Waals surface area contributed by atoms with Crippen molar-refractivity contribution in [2.24, 2.45) is 5.92 Å². The molecular weight excluding hydrogens is 396 g/mol. The number of carbonyl (C=O) groups excluding carboxylic acids is 1. The minimum atomic E-state index is -3.38. The molecule has 1 fully saturated rings. The number of benzene rings is 2. The lowest BCUT2D eigenvalue weighted by atomic mass is 9.96. The van der Waals surface area contributed by atoms with Crippen LogP contribution in [0.3, 0.4) is 0 Å². The summed E-state index contributed by atoms with van der Waals surface area (Å²) >= 11 is 0. The van der Waals surface area contributed by atoms with Crippen molar-refractivity contribution in [3.63, 3.8) is 0 Å². The highest BCUT2D eigenvalue weighted by atomic mass is 32.2.